The molecule has 15 aromatic rings. The van der Waals surface area contributed by atoms with Crippen molar-refractivity contribution in [2.75, 3.05) is 4.90 Å². The lowest BCUT2D eigenvalue weighted by Gasteiger charge is -2.27. The standard InChI is InChI=1S/C70H44N2O/c1-3-18-45(19-4-1)49-41-61(47-20-5-2-6-21-47)70-64(42-49)69-65(33-17-34-66(69)72(70)52-36-38-59-57-29-10-9-27-55(57)56-28-11-12-30-58(56)62(59)43-52)71(51-37-39-68-63(44-51)60-31-13-14-35-67(60)73-68)50-25-15-24-48(40-50)54-32-16-23-46-22-7-8-26-53(46)54/h1-44H. The van der Waals surface area contributed by atoms with Crippen LogP contribution in [0.3, 0.4) is 0 Å². The minimum atomic E-state index is 0.862. The topological polar surface area (TPSA) is 21.3 Å². The zero-order chi connectivity index (χ0) is 48.0. The van der Waals surface area contributed by atoms with Gasteiger partial charge in [0.05, 0.1) is 16.7 Å². The van der Waals surface area contributed by atoms with Crippen molar-refractivity contribution >= 4 is 104 Å². The summed E-state index contributed by atoms with van der Waals surface area (Å²) in [5, 5.41) is 14.4. The fraction of sp³-hybridized carbons (Fsp3) is 0. The minimum Gasteiger partial charge on any atom is -0.456 e. The van der Waals surface area contributed by atoms with E-state index < -0.39 is 0 Å². The molecule has 2 heterocycles. The van der Waals surface area contributed by atoms with Crippen LogP contribution in [-0.4, -0.2) is 4.57 Å². The van der Waals surface area contributed by atoms with E-state index in [9.17, 15) is 0 Å². The molecule has 0 radical (unpaired) electrons. The average molecular weight is 929 g/mol. The van der Waals surface area contributed by atoms with Gasteiger partial charge in [0.2, 0.25) is 0 Å². The number of fused-ring (bicyclic) bond motifs is 13. The van der Waals surface area contributed by atoms with Crippen LogP contribution in [-0.2, 0) is 0 Å². The van der Waals surface area contributed by atoms with Crippen molar-refractivity contribution in [2.45, 2.75) is 0 Å². The molecule has 73 heavy (non-hydrogen) atoms. The molecule has 0 atom stereocenters. The number of benzene rings is 13. The Labute approximate surface area is 421 Å². The summed E-state index contributed by atoms with van der Waals surface area (Å²) in [6.07, 6.45) is 0. The van der Waals surface area contributed by atoms with Crippen LogP contribution in [0.15, 0.2) is 271 Å². The maximum Gasteiger partial charge on any atom is 0.135 e. The van der Waals surface area contributed by atoms with E-state index in [1.807, 2.05) is 6.07 Å². The Kier molecular flexibility index (Phi) is 9.26. The Balaban J connectivity index is 1.08. The Bertz CT molecular complexity index is 4640. The van der Waals surface area contributed by atoms with Crippen LogP contribution < -0.4 is 4.90 Å². The highest BCUT2D eigenvalue weighted by molar-refractivity contribution is 6.26. The number of hydrogen-bond acceptors (Lipinski definition) is 2. The van der Waals surface area contributed by atoms with Crippen molar-refractivity contribution in [3.8, 4) is 39.1 Å². The van der Waals surface area contributed by atoms with Crippen molar-refractivity contribution in [3.63, 3.8) is 0 Å². The van der Waals surface area contributed by atoms with E-state index in [1.54, 1.807) is 0 Å². The summed E-state index contributed by atoms with van der Waals surface area (Å²) in [5.74, 6) is 0. The number of aromatic nitrogens is 1. The number of nitrogens with zero attached hydrogens (tertiary/aromatic N) is 2. The zero-order valence-corrected chi connectivity index (χ0v) is 39.7. The first-order valence-electron chi connectivity index (χ1n) is 25.1. The Morgan fingerprint density at radius 2 is 0.890 bits per heavy atom. The van der Waals surface area contributed by atoms with Crippen LogP contribution >= 0.6 is 0 Å². The van der Waals surface area contributed by atoms with Crippen LogP contribution in [0.4, 0.5) is 17.1 Å². The largest absolute Gasteiger partial charge is 0.456 e. The highest BCUT2D eigenvalue weighted by Gasteiger charge is 2.26. The number of anilines is 3. The van der Waals surface area contributed by atoms with Gasteiger partial charge in [-0.15, -0.1) is 0 Å². The lowest BCUT2D eigenvalue weighted by molar-refractivity contribution is 0.669. The molecule has 0 bridgehead atoms. The lowest BCUT2D eigenvalue weighted by atomic mass is 9.94. The summed E-state index contributed by atoms with van der Waals surface area (Å²) >= 11 is 0. The van der Waals surface area contributed by atoms with Crippen molar-refractivity contribution in [1.82, 2.24) is 4.57 Å². The first-order chi connectivity index (χ1) is 36.2. The predicted molar refractivity (Wildman–Crippen MR) is 309 cm³/mol. The second-order valence-corrected chi connectivity index (χ2v) is 19.2. The quantitative estimate of drug-likeness (QED) is 0.149. The Morgan fingerprint density at radius 3 is 1.67 bits per heavy atom. The summed E-state index contributed by atoms with van der Waals surface area (Å²) in [4.78, 5) is 2.47. The molecule has 0 saturated heterocycles. The SMILES string of the molecule is c1ccc(-c2cc(-c3ccccc3)c3c(c2)c2c(N(c4cccc(-c5cccc6ccccc56)c4)c4ccc5oc6ccccc6c5c4)cccc2n3-c2ccc3c4ccccc4c4ccccc4c3c2)cc1. The summed E-state index contributed by atoms with van der Waals surface area (Å²) in [5.41, 5.74) is 15.3. The first kappa shape index (κ1) is 41.1. The molecule has 15 rings (SSSR count). The van der Waals surface area contributed by atoms with Gasteiger partial charge in [0.15, 0.2) is 0 Å². The summed E-state index contributed by atoms with van der Waals surface area (Å²) in [6.45, 7) is 0. The molecule has 0 N–H and O–H groups in total. The number of hydrogen-bond donors (Lipinski definition) is 0. The fourth-order valence-electron chi connectivity index (χ4n) is 11.9. The van der Waals surface area contributed by atoms with Crippen LogP contribution in [0, 0.1) is 0 Å². The van der Waals surface area contributed by atoms with Gasteiger partial charge in [0.25, 0.3) is 0 Å². The third-order valence-electron chi connectivity index (χ3n) is 15.1. The monoisotopic (exact) mass is 928 g/mol. The van der Waals surface area contributed by atoms with Gasteiger partial charge >= 0.3 is 0 Å². The van der Waals surface area contributed by atoms with E-state index in [1.165, 1.54) is 65.2 Å². The molecule has 0 fully saturated rings. The summed E-state index contributed by atoms with van der Waals surface area (Å²) in [6, 6.07) is 97.7. The van der Waals surface area contributed by atoms with E-state index >= 15 is 0 Å². The van der Waals surface area contributed by atoms with Gasteiger partial charge in [-0.25, -0.2) is 0 Å². The molecular formula is C70H44N2O. The molecule has 3 heteroatoms. The molecule has 340 valence electrons. The van der Waals surface area contributed by atoms with Gasteiger partial charge < -0.3 is 13.9 Å². The normalized spacial score (nSPS) is 11.8. The van der Waals surface area contributed by atoms with E-state index in [0.29, 0.717) is 0 Å². The number of furan rings is 1. The van der Waals surface area contributed by atoms with Crippen LogP contribution in [0.5, 0.6) is 0 Å². The minimum absolute atomic E-state index is 0.862. The van der Waals surface area contributed by atoms with Crippen molar-refractivity contribution in [3.05, 3.63) is 267 Å². The van der Waals surface area contributed by atoms with Gasteiger partial charge in [0, 0.05) is 44.2 Å². The molecule has 0 aliphatic heterocycles. The lowest BCUT2D eigenvalue weighted by Crippen LogP contribution is -2.10. The second-order valence-electron chi connectivity index (χ2n) is 19.2. The fourth-order valence-corrected chi connectivity index (χ4v) is 11.9. The number of para-hydroxylation sites is 1. The van der Waals surface area contributed by atoms with Crippen molar-refractivity contribution < 1.29 is 4.42 Å². The van der Waals surface area contributed by atoms with Crippen molar-refractivity contribution in [2.24, 2.45) is 0 Å². The van der Waals surface area contributed by atoms with Crippen LogP contribution in [0.25, 0.3) is 126 Å². The molecule has 0 unspecified atom stereocenters. The van der Waals surface area contributed by atoms with E-state index in [4.69, 9.17) is 4.42 Å². The van der Waals surface area contributed by atoms with Gasteiger partial charge in [-0.05, 0) is 144 Å². The number of rotatable bonds is 7. The first-order valence-corrected chi connectivity index (χ1v) is 25.1. The second kappa shape index (κ2) is 16.4. The molecule has 0 aliphatic rings. The molecule has 13 aromatic carbocycles. The summed E-state index contributed by atoms with van der Waals surface area (Å²) in [7, 11) is 0. The highest BCUT2D eigenvalue weighted by atomic mass is 16.3. The molecule has 0 spiro atoms. The van der Waals surface area contributed by atoms with E-state index in [-0.39, 0.29) is 0 Å². The third-order valence-corrected chi connectivity index (χ3v) is 15.1. The molecular weight excluding hydrogens is 885 g/mol. The van der Waals surface area contributed by atoms with Crippen molar-refractivity contribution in [1.29, 1.82) is 0 Å². The van der Waals surface area contributed by atoms with Gasteiger partial charge in [-0.1, -0.05) is 194 Å². The molecule has 3 nitrogen and oxygen atoms in total. The smallest absolute Gasteiger partial charge is 0.135 e. The van der Waals surface area contributed by atoms with E-state index in [0.717, 1.165) is 77.8 Å². The average Bonchev–Trinajstić information content (AvgIpc) is 4.01. The van der Waals surface area contributed by atoms with Gasteiger partial charge in [0.1, 0.15) is 11.2 Å². The molecule has 0 amide bonds. The summed E-state index contributed by atoms with van der Waals surface area (Å²) < 4.78 is 9.00. The molecule has 0 aliphatic carbocycles. The van der Waals surface area contributed by atoms with Crippen LogP contribution in [0.1, 0.15) is 0 Å². The maximum atomic E-state index is 6.47. The van der Waals surface area contributed by atoms with Gasteiger partial charge in [-0.3, -0.25) is 0 Å². The highest BCUT2D eigenvalue weighted by Crippen LogP contribution is 2.49. The van der Waals surface area contributed by atoms with E-state index in [2.05, 4.69) is 270 Å². The molecule has 0 saturated carbocycles. The third kappa shape index (κ3) is 6.53. The molecule has 2 aromatic heterocycles. The predicted octanol–water partition coefficient (Wildman–Crippen LogP) is 19.8. The zero-order valence-electron chi connectivity index (χ0n) is 39.7. The van der Waals surface area contributed by atoms with Gasteiger partial charge in [-0.2, -0.15) is 0 Å². The maximum absolute atomic E-state index is 6.47. The Hall–Kier alpha value is -9.70. The van der Waals surface area contributed by atoms with Crippen LogP contribution in [0.2, 0.25) is 0 Å². The Morgan fingerprint density at radius 1 is 0.301 bits per heavy atom.